The molecule has 1 heterocycles. The van der Waals surface area contributed by atoms with Crippen LogP contribution in [0.5, 0.6) is 0 Å². The van der Waals surface area contributed by atoms with Crippen LogP contribution in [0.3, 0.4) is 0 Å². The number of hydrogen-bond donors (Lipinski definition) is 2. The molecule has 1 fully saturated rings. The highest BCUT2D eigenvalue weighted by molar-refractivity contribution is 5.02. The van der Waals surface area contributed by atoms with E-state index in [4.69, 9.17) is 5.73 Å². The van der Waals surface area contributed by atoms with E-state index in [0.717, 1.165) is 19.5 Å². The molecule has 0 aromatic heterocycles. The van der Waals surface area contributed by atoms with Crippen LogP contribution in [0.1, 0.15) is 6.42 Å². The molecule has 0 aromatic carbocycles. The van der Waals surface area contributed by atoms with Gasteiger partial charge in [-0.15, -0.1) is 0 Å². The van der Waals surface area contributed by atoms with Crippen molar-refractivity contribution >= 4 is 0 Å². The van der Waals surface area contributed by atoms with Crippen LogP contribution in [0.25, 0.3) is 0 Å². The molecule has 2 heteroatoms. The quantitative estimate of drug-likeness (QED) is 0.394. The van der Waals surface area contributed by atoms with E-state index in [-0.39, 0.29) is 0 Å². The van der Waals surface area contributed by atoms with E-state index in [2.05, 4.69) is 17.5 Å². The summed E-state index contributed by atoms with van der Waals surface area (Å²) in [6, 6.07) is 0.668. The first kappa shape index (κ1) is 5.79. The van der Waals surface area contributed by atoms with Gasteiger partial charge in [-0.05, 0) is 13.0 Å². The summed E-state index contributed by atoms with van der Waals surface area (Å²) in [5.74, 6) is 0. The van der Waals surface area contributed by atoms with Crippen molar-refractivity contribution in [1.29, 1.82) is 0 Å². The third kappa shape index (κ3) is 2.09. The molecule has 46 valence electrons. The van der Waals surface area contributed by atoms with Crippen molar-refractivity contribution in [1.82, 2.24) is 5.32 Å². The van der Waals surface area contributed by atoms with Gasteiger partial charge in [0.2, 0.25) is 0 Å². The van der Waals surface area contributed by atoms with Gasteiger partial charge in [-0.25, -0.2) is 0 Å². The molecule has 1 rings (SSSR count). The van der Waals surface area contributed by atoms with Gasteiger partial charge in [-0.2, -0.15) is 0 Å². The Morgan fingerprint density at radius 3 is 3.00 bits per heavy atom. The maximum atomic E-state index is 5.26. The average molecular weight is 112 g/mol. The van der Waals surface area contributed by atoms with E-state index in [9.17, 15) is 0 Å². The van der Waals surface area contributed by atoms with Crippen molar-refractivity contribution in [3.63, 3.8) is 0 Å². The predicted octanol–water partition coefficient (Wildman–Crippen LogP) is -0.137. The number of nitrogens with two attached hydrogens (primary N) is 1. The van der Waals surface area contributed by atoms with Crippen molar-refractivity contribution in [2.45, 2.75) is 12.5 Å². The SMILES string of the molecule is NCC/C=C\C1CN1. The first-order chi connectivity index (χ1) is 3.93. The fraction of sp³-hybridized carbons (Fsp3) is 0.667. The monoisotopic (exact) mass is 112 g/mol. The van der Waals surface area contributed by atoms with Crippen LogP contribution < -0.4 is 11.1 Å². The Morgan fingerprint density at radius 1 is 1.75 bits per heavy atom. The Kier molecular flexibility index (Phi) is 2.06. The first-order valence-corrected chi connectivity index (χ1v) is 3.03. The Balaban J connectivity index is 1.96. The number of hydrogen-bond acceptors (Lipinski definition) is 2. The van der Waals surface area contributed by atoms with Crippen molar-refractivity contribution in [2.75, 3.05) is 13.1 Å². The normalized spacial score (nSPS) is 26.9. The zero-order valence-electron chi connectivity index (χ0n) is 4.93. The third-order valence-electron chi connectivity index (χ3n) is 1.14. The molecule has 1 unspecified atom stereocenters. The van der Waals surface area contributed by atoms with Crippen LogP contribution in [-0.4, -0.2) is 19.1 Å². The zero-order valence-corrected chi connectivity index (χ0v) is 4.93. The summed E-state index contributed by atoms with van der Waals surface area (Å²) in [4.78, 5) is 0. The molecular formula is C6H12N2. The molecular weight excluding hydrogens is 100 g/mol. The molecule has 0 aromatic rings. The van der Waals surface area contributed by atoms with Gasteiger partial charge in [-0.1, -0.05) is 12.2 Å². The van der Waals surface area contributed by atoms with Crippen LogP contribution in [0.15, 0.2) is 12.2 Å². The first-order valence-electron chi connectivity index (χ1n) is 3.03. The molecule has 8 heavy (non-hydrogen) atoms. The molecule has 1 aliphatic rings. The summed E-state index contributed by atoms with van der Waals surface area (Å²) in [6.07, 6.45) is 5.32. The minimum atomic E-state index is 0.668. The van der Waals surface area contributed by atoms with Gasteiger partial charge in [0.25, 0.3) is 0 Å². The second-order valence-electron chi connectivity index (χ2n) is 2.02. The highest BCUT2D eigenvalue weighted by Crippen LogP contribution is 1.97. The molecule has 0 spiro atoms. The van der Waals surface area contributed by atoms with Crippen LogP contribution in [-0.2, 0) is 0 Å². The summed E-state index contributed by atoms with van der Waals surface area (Å²) >= 11 is 0. The highest BCUT2D eigenvalue weighted by Gasteiger charge is 2.14. The molecule has 0 bridgehead atoms. The Bertz CT molecular complexity index is 84.5. The molecule has 3 N–H and O–H groups in total. The largest absolute Gasteiger partial charge is 0.330 e. The van der Waals surface area contributed by atoms with Crippen LogP contribution in [0.2, 0.25) is 0 Å². The van der Waals surface area contributed by atoms with Gasteiger partial charge in [0.1, 0.15) is 0 Å². The van der Waals surface area contributed by atoms with Crippen molar-refractivity contribution in [3.8, 4) is 0 Å². The molecule has 0 saturated carbocycles. The lowest BCUT2D eigenvalue weighted by Crippen LogP contribution is -1.95. The molecule has 2 nitrogen and oxygen atoms in total. The van der Waals surface area contributed by atoms with E-state index < -0.39 is 0 Å². The average Bonchev–Trinajstić information content (AvgIpc) is 2.51. The minimum Gasteiger partial charge on any atom is -0.330 e. The summed E-state index contributed by atoms with van der Waals surface area (Å²) < 4.78 is 0. The molecule has 1 atom stereocenters. The molecule has 0 aliphatic carbocycles. The minimum absolute atomic E-state index is 0.668. The van der Waals surface area contributed by atoms with E-state index in [1.165, 1.54) is 0 Å². The second-order valence-corrected chi connectivity index (χ2v) is 2.02. The van der Waals surface area contributed by atoms with Gasteiger partial charge in [-0.3, -0.25) is 0 Å². The highest BCUT2D eigenvalue weighted by atomic mass is 15.1. The fourth-order valence-electron chi connectivity index (χ4n) is 0.561. The fourth-order valence-corrected chi connectivity index (χ4v) is 0.561. The van der Waals surface area contributed by atoms with Crippen molar-refractivity contribution in [2.24, 2.45) is 5.73 Å². The van der Waals surface area contributed by atoms with Gasteiger partial charge < -0.3 is 11.1 Å². The molecule has 0 radical (unpaired) electrons. The van der Waals surface area contributed by atoms with Gasteiger partial charge in [0.15, 0.2) is 0 Å². The predicted molar refractivity (Wildman–Crippen MR) is 34.6 cm³/mol. The van der Waals surface area contributed by atoms with Crippen molar-refractivity contribution < 1.29 is 0 Å². The topological polar surface area (TPSA) is 48.0 Å². The number of nitrogens with one attached hydrogen (secondary N) is 1. The third-order valence-corrected chi connectivity index (χ3v) is 1.14. The van der Waals surface area contributed by atoms with Crippen LogP contribution >= 0.6 is 0 Å². The maximum Gasteiger partial charge on any atom is 0.0377 e. The van der Waals surface area contributed by atoms with Gasteiger partial charge >= 0.3 is 0 Å². The summed E-state index contributed by atoms with van der Waals surface area (Å²) in [7, 11) is 0. The van der Waals surface area contributed by atoms with E-state index in [0.29, 0.717) is 6.04 Å². The summed E-state index contributed by atoms with van der Waals surface area (Å²) in [5.41, 5.74) is 5.26. The maximum absolute atomic E-state index is 5.26. The zero-order chi connectivity index (χ0) is 5.82. The lowest BCUT2D eigenvalue weighted by molar-refractivity contribution is 0.999. The lowest BCUT2D eigenvalue weighted by atomic mass is 10.3. The standard InChI is InChI=1S/C6H12N2/c7-4-2-1-3-6-5-8-6/h1,3,6,8H,2,4-5,7H2/b3-1-. The van der Waals surface area contributed by atoms with Crippen molar-refractivity contribution in [3.05, 3.63) is 12.2 Å². The van der Waals surface area contributed by atoms with E-state index >= 15 is 0 Å². The molecule has 1 aliphatic heterocycles. The summed E-state index contributed by atoms with van der Waals surface area (Å²) in [6.45, 7) is 1.92. The molecule has 0 amide bonds. The van der Waals surface area contributed by atoms with Gasteiger partial charge in [0, 0.05) is 12.6 Å². The van der Waals surface area contributed by atoms with E-state index in [1.54, 1.807) is 0 Å². The summed E-state index contributed by atoms with van der Waals surface area (Å²) in [5, 5.41) is 3.17. The smallest absolute Gasteiger partial charge is 0.0377 e. The van der Waals surface area contributed by atoms with Crippen LogP contribution in [0.4, 0.5) is 0 Å². The Labute approximate surface area is 49.8 Å². The second kappa shape index (κ2) is 2.84. The number of rotatable bonds is 3. The Hall–Kier alpha value is -0.340. The van der Waals surface area contributed by atoms with Gasteiger partial charge in [0.05, 0.1) is 0 Å². The van der Waals surface area contributed by atoms with Crippen LogP contribution in [0, 0.1) is 0 Å². The lowest BCUT2D eigenvalue weighted by Gasteiger charge is -1.81. The Morgan fingerprint density at radius 2 is 2.50 bits per heavy atom. The molecule has 1 saturated heterocycles. The van der Waals surface area contributed by atoms with E-state index in [1.807, 2.05) is 0 Å².